The average molecular weight is 290 g/mol. The minimum absolute atomic E-state index is 0.0632. The van der Waals surface area contributed by atoms with Crippen molar-refractivity contribution in [3.8, 4) is 0 Å². The molecular formula is C16H22N2O3. The molecule has 1 amide bonds. The largest absolute Gasteiger partial charge is 0.480 e. The van der Waals surface area contributed by atoms with Gasteiger partial charge in [0.25, 0.3) is 0 Å². The van der Waals surface area contributed by atoms with Crippen LogP contribution in [-0.4, -0.2) is 47.6 Å². The summed E-state index contributed by atoms with van der Waals surface area (Å²) < 4.78 is 0. The summed E-state index contributed by atoms with van der Waals surface area (Å²) >= 11 is 0. The lowest BCUT2D eigenvalue weighted by molar-refractivity contribution is -0.138. The Morgan fingerprint density at radius 3 is 2.52 bits per heavy atom. The van der Waals surface area contributed by atoms with Gasteiger partial charge in [-0.3, -0.25) is 14.5 Å². The molecule has 1 aromatic rings. The van der Waals surface area contributed by atoms with Crippen LogP contribution in [0.25, 0.3) is 0 Å². The predicted molar refractivity (Wildman–Crippen MR) is 80.1 cm³/mol. The third-order valence-electron chi connectivity index (χ3n) is 3.72. The van der Waals surface area contributed by atoms with Crippen molar-refractivity contribution < 1.29 is 14.7 Å². The van der Waals surface area contributed by atoms with E-state index >= 15 is 0 Å². The van der Waals surface area contributed by atoms with Crippen LogP contribution < -0.4 is 5.32 Å². The van der Waals surface area contributed by atoms with Gasteiger partial charge in [-0.15, -0.1) is 0 Å². The fourth-order valence-corrected chi connectivity index (χ4v) is 2.33. The van der Waals surface area contributed by atoms with Crippen LogP contribution in [0.3, 0.4) is 0 Å². The van der Waals surface area contributed by atoms with Gasteiger partial charge in [-0.25, -0.2) is 0 Å². The van der Waals surface area contributed by atoms with Crippen molar-refractivity contribution in [3.05, 3.63) is 35.9 Å². The fraction of sp³-hybridized carbons (Fsp3) is 0.500. The summed E-state index contributed by atoms with van der Waals surface area (Å²) in [7, 11) is 0. The summed E-state index contributed by atoms with van der Waals surface area (Å²) in [4.78, 5) is 24.5. The van der Waals surface area contributed by atoms with E-state index in [0.717, 1.165) is 12.8 Å². The highest BCUT2D eigenvalue weighted by Gasteiger charge is 2.31. The second-order valence-electron chi connectivity index (χ2n) is 5.65. The van der Waals surface area contributed by atoms with Gasteiger partial charge in [0.05, 0.1) is 13.1 Å². The fourth-order valence-electron chi connectivity index (χ4n) is 2.33. The van der Waals surface area contributed by atoms with Crippen molar-refractivity contribution in [1.29, 1.82) is 0 Å². The van der Waals surface area contributed by atoms with Crippen LogP contribution in [0.5, 0.6) is 0 Å². The molecule has 1 atom stereocenters. The SMILES string of the molecule is CC(CNC(=O)CN(CC(=O)O)C1CC1)c1ccccc1. The Balaban J connectivity index is 1.77. The number of benzene rings is 1. The number of nitrogens with one attached hydrogen (secondary N) is 1. The second-order valence-corrected chi connectivity index (χ2v) is 5.65. The first-order valence-electron chi connectivity index (χ1n) is 7.33. The molecule has 0 aliphatic heterocycles. The quantitative estimate of drug-likeness (QED) is 0.760. The lowest BCUT2D eigenvalue weighted by Crippen LogP contribution is -2.41. The molecule has 21 heavy (non-hydrogen) atoms. The predicted octanol–water partition coefficient (Wildman–Crippen LogP) is 1.46. The molecule has 5 heteroatoms. The van der Waals surface area contributed by atoms with Crippen LogP contribution in [0.4, 0.5) is 0 Å². The van der Waals surface area contributed by atoms with E-state index in [-0.39, 0.29) is 31.0 Å². The van der Waals surface area contributed by atoms with Crippen LogP contribution >= 0.6 is 0 Å². The van der Waals surface area contributed by atoms with Crippen LogP contribution in [0.15, 0.2) is 30.3 Å². The summed E-state index contributed by atoms with van der Waals surface area (Å²) in [5, 5.41) is 11.8. The smallest absolute Gasteiger partial charge is 0.317 e. The van der Waals surface area contributed by atoms with Gasteiger partial charge in [-0.05, 0) is 24.3 Å². The summed E-state index contributed by atoms with van der Waals surface area (Å²) in [6, 6.07) is 10.3. The highest BCUT2D eigenvalue weighted by Crippen LogP contribution is 2.26. The molecule has 114 valence electrons. The number of carboxylic acid groups (broad SMARTS) is 1. The lowest BCUT2D eigenvalue weighted by Gasteiger charge is -2.20. The van der Waals surface area contributed by atoms with Gasteiger partial charge in [0.2, 0.25) is 5.91 Å². The number of rotatable bonds is 8. The Hall–Kier alpha value is -1.88. The third kappa shape index (κ3) is 5.19. The van der Waals surface area contributed by atoms with Crippen molar-refractivity contribution in [2.24, 2.45) is 0 Å². The van der Waals surface area contributed by atoms with E-state index in [0.29, 0.717) is 6.54 Å². The summed E-state index contributed by atoms with van der Waals surface area (Å²) in [6.45, 7) is 2.73. The molecule has 2 N–H and O–H groups in total. The van der Waals surface area contributed by atoms with Crippen LogP contribution in [-0.2, 0) is 9.59 Å². The van der Waals surface area contributed by atoms with E-state index in [9.17, 15) is 9.59 Å². The molecular weight excluding hydrogens is 268 g/mol. The molecule has 2 rings (SSSR count). The van der Waals surface area contributed by atoms with E-state index in [4.69, 9.17) is 5.11 Å². The summed E-state index contributed by atoms with van der Waals surface area (Å²) in [5.41, 5.74) is 1.18. The van der Waals surface area contributed by atoms with E-state index in [1.165, 1.54) is 5.56 Å². The highest BCUT2D eigenvalue weighted by atomic mass is 16.4. The number of aliphatic carboxylic acids is 1. The average Bonchev–Trinajstić information content (AvgIpc) is 3.29. The Labute approximate surface area is 125 Å². The molecule has 1 unspecified atom stereocenters. The second kappa shape index (κ2) is 7.22. The number of carboxylic acids is 1. The van der Waals surface area contributed by atoms with Crippen molar-refractivity contribution >= 4 is 11.9 Å². The van der Waals surface area contributed by atoms with E-state index in [2.05, 4.69) is 12.2 Å². The molecule has 0 spiro atoms. The normalized spacial score (nSPS) is 15.7. The Morgan fingerprint density at radius 2 is 1.95 bits per heavy atom. The third-order valence-corrected chi connectivity index (χ3v) is 3.72. The lowest BCUT2D eigenvalue weighted by atomic mass is 10.0. The minimum atomic E-state index is -0.882. The monoisotopic (exact) mass is 290 g/mol. The minimum Gasteiger partial charge on any atom is -0.480 e. The zero-order valence-electron chi connectivity index (χ0n) is 12.3. The van der Waals surface area contributed by atoms with Crippen molar-refractivity contribution in [2.45, 2.75) is 31.7 Å². The zero-order chi connectivity index (χ0) is 15.2. The maximum Gasteiger partial charge on any atom is 0.317 e. The molecule has 1 fully saturated rings. The number of carbonyl (C=O) groups is 2. The Bertz CT molecular complexity index is 486. The van der Waals surface area contributed by atoms with Crippen LogP contribution in [0.1, 0.15) is 31.2 Å². The molecule has 0 aromatic heterocycles. The Kier molecular flexibility index (Phi) is 5.33. The zero-order valence-corrected chi connectivity index (χ0v) is 12.3. The summed E-state index contributed by atoms with van der Waals surface area (Å²) in [6.07, 6.45) is 1.97. The van der Waals surface area contributed by atoms with E-state index in [1.54, 1.807) is 4.90 Å². The maximum atomic E-state index is 12.0. The van der Waals surface area contributed by atoms with Crippen LogP contribution in [0, 0.1) is 0 Å². The molecule has 0 saturated heterocycles. The molecule has 1 aliphatic carbocycles. The van der Waals surface area contributed by atoms with Gasteiger partial charge < -0.3 is 10.4 Å². The van der Waals surface area contributed by atoms with Crippen molar-refractivity contribution in [1.82, 2.24) is 10.2 Å². The van der Waals surface area contributed by atoms with Gasteiger partial charge in [-0.2, -0.15) is 0 Å². The van der Waals surface area contributed by atoms with Crippen molar-refractivity contribution in [3.63, 3.8) is 0 Å². The molecule has 1 saturated carbocycles. The maximum absolute atomic E-state index is 12.0. The standard InChI is InChI=1S/C16H22N2O3/c1-12(13-5-3-2-4-6-13)9-17-15(19)10-18(11-16(20)21)14-7-8-14/h2-6,12,14H,7-11H2,1H3,(H,17,19)(H,20,21). The Morgan fingerprint density at radius 1 is 1.29 bits per heavy atom. The van der Waals surface area contributed by atoms with Gasteiger partial charge in [-0.1, -0.05) is 37.3 Å². The van der Waals surface area contributed by atoms with Gasteiger partial charge in [0.1, 0.15) is 0 Å². The first kappa shape index (κ1) is 15.5. The molecule has 1 aliphatic rings. The van der Waals surface area contributed by atoms with Gasteiger partial charge in [0, 0.05) is 12.6 Å². The first-order valence-corrected chi connectivity index (χ1v) is 7.33. The van der Waals surface area contributed by atoms with E-state index in [1.807, 2.05) is 30.3 Å². The number of hydrogen-bond acceptors (Lipinski definition) is 3. The summed E-state index contributed by atoms with van der Waals surface area (Å²) in [5.74, 6) is -0.748. The molecule has 0 radical (unpaired) electrons. The van der Waals surface area contributed by atoms with Gasteiger partial charge >= 0.3 is 5.97 Å². The molecule has 1 aromatic carbocycles. The number of amides is 1. The number of hydrogen-bond donors (Lipinski definition) is 2. The number of nitrogens with zero attached hydrogens (tertiary/aromatic N) is 1. The first-order chi connectivity index (χ1) is 10.1. The van der Waals surface area contributed by atoms with Crippen molar-refractivity contribution in [2.75, 3.05) is 19.6 Å². The van der Waals surface area contributed by atoms with Crippen LogP contribution in [0.2, 0.25) is 0 Å². The topological polar surface area (TPSA) is 69.6 Å². The molecule has 0 bridgehead atoms. The molecule has 0 heterocycles. The van der Waals surface area contributed by atoms with E-state index < -0.39 is 5.97 Å². The molecule has 5 nitrogen and oxygen atoms in total. The highest BCUT2D eigenvalue weighted by molar-refractivity contribution is 5.79. The van der Waals surface area contributed by atoms with Gasteiger partial charge in [0.15, 0.2) is 0 Å². The number of carbonyl (C=O) groups excluding carboxylic acids is 1.